The van der Waals surface area contributed by atoms with E-state index in [2.05, 4.69) is 4.98 Å². The highest BCUT2D eigenvalue weighted by atomic mass is 19.1. The Bertz CT molecular complexity index is 895. The molecular weight excluding hydrogens is 389 g/mol. The first kappa shape index (κ1) is 21.9. The first-order chi connectivity index (χ1) is 14.3. The van der Waals surface area contributed by atoms with Gasteiger partial charge in [0.05, 0.1) is 12.6 Å². The van der Waals surface area contributed by atoms with Crippen LogP contribution < -0.4 is 0 Å². The number of rotatable bonds is 7. The monoisotopic (exact) mass is 415 g/mol. The second-order valence-electron chi connectivity index (χ2n) is 7.92. The lowest BCUT2D eigenvalue weighted by Gasteiger charge is -2.43. The number of likely N-dealkylation sites (tertiary alicyclic amines) is 1. The zero-order chi connectivity index (χ0) is 21.7. The fourth-order valence-corrected chi connectivity index (χ4v) is 3.95. The fraction of sp³-hybridized carbons (Fsp3) is 0.409. The van der Waals surface area contributed by atoms with Gasteiger partial charge in [0.25, 0.3) is 0 Å². The molecule has 1 aromatic heterocycles. The summed E-state index contributed by atoms with van der Waals surface area (Å²) in [5.74, 6) is -1.87. The third-order valence-electron chi connectivity index (χ3n) is 5.58. The third-order valence-corrected chi connectivity index (χ3v) is 5.58. The zero-order valence-electron chi connectivity index (χ0n) is 16.9. The number of amides is 1. The Morgan fingerprint density at radius 1 is 1.27 bits per heavy atom. The maximum atomic E-state index is 13.6. The van der Waals surface area contributed by atoms with Crippen molar-refractivity contribution in [2.75, 3.05) is 26.7 Å². The summed E-state index contributed by atoms with van der Waals surface area (Å²) in [5, 5.41) is 20.5. The van der Waals surface area contributed by atoms with Gasteiger partial charge in [0.1, 0.15) is 11.2 Å². The number of hydrogen-bond donors (Lipinski definition) is 2. The molecule has 2 N–H and O–H groups in total. The number of piperidine rings is 1. The highest BCUT2D eigenvalue weighted by Crippen LogP contribution is 2.35. The molecule has 3 rings (SSSR count). The topological polar surface area (TPSA) is 94.0 Å². The Morgan fingerprint density at radius 2 is 2.00 bits per heavy atom. The number of aliphatic hydroxyl groups is 1. The van der Waals surface area contributed by atoms with Crippen LogP contribution in [0.2, 0.25) is 0 Å². The van der Waals surface area contributed by atoms with Gasteiger partial charge in [-0.2, -0.15) is 0 Å². The van der Waals surface area contributed by atoms with Gasteiger partial charge in [-0.25, -0.2) is 4.39 Å². The number of aromatic nitrogens is 1. The zero-order valence-corrected chi connectivity index (χ0v) is 16.9. The molecule has 160 valence electrons. The molecule has 7 nitrogen and oxygen atoms in total. The number of aliphatic hydroxyl groups excluding tert-OH is 1. The van der Waals surface area contributed by atoms with Crippen LogP contribution >= 0.6 is 0 Å². The van der Waals surface area contributed by atoms with Gasteiger partial charge in [-0.05, 0) is 55.3 Å². The number of likely N-dealkylation sites (N-methyl/N-ethyl adjacent to an activating group) is 1. The van der Waals surface area contributed by atoms with E-state index in [1.54, 1.807) is 18.5 Å². The predicted octanol–water partition coefficient (Wildman–Crippen LogP) is 1.56. The molecule has 2 aromatic rings. The summed E-state index contributed by atoms with van der Waals surface area (Å²) >= 11 is 0. The van der Waals surface area contributed by atoms with Crippen molar-refractivity contribution in [1.82, 2.24) is 14.8 Å². The summed E-state index contributed by atoms with van der Waals surface area (Å²) in [6.07, 6.45) is 2.34. The van der Waals surface area contributed by atoms with Gasteiger partial charge in [0.15, 0.2) is 0 Å². The Labute approximate surface area is 174 Å². The molecule has 2 atom stereocenters. The van der Waals surface area contributed by atoms with Crippen LogP contribution in [-0.2, 0) is 22.6 Å². The molecule has 0 spiro atoms. The molecule has 8 heteroatoms. The van der Waals surface area contributed by atoms with Crippen molar-refractivity contribution in [3.8, 4) is 0 Å². The molecule has 2 heterocycles. The fourth-order valence-electron chi connectivity index (χ4n) is 3.95. The molecule has 0 unspecified atom stereocenters. The van der Waals surface area contributed by atoms with Crippen molar-refractivity contribution in [2.45, 2.75) is 25.5 Å². The molecule has 1 aliphatic rings. The molecular formula is C22H26FN3O4. The van der Waals surface area contributed by atoms with Gasteiger partial charge in [-0.1, -0.05) is 12.1 Å². The molecule has 1 fully saturated rings. The number of benzene rings is 1. The molecule has 0 bridgehead atoms. The SMILES string of the molecule is CN(CC(=O)N1CC[C@H](O)[C@](Cc2cccc(F)c2)(C(=O)O)C1)Cc1ccncc1. The Hall–Kier alpha value is -2.84. The molecule has 30 heavy (non-hydrogen) atoms. The maximum Gasteiger partial charge on any atom is 0.314 e. The van der Waals surface area contributed by atoms with E-state index in [1.165, 1.54) is 23.1 Å². The summed E-state index contributed by atoms with van der Waals surface area (Å²) in [6.45, 7) is 0.829. The average molecular weight is 415 g/mol. The molecule has 0 radical (unpaired) electrons. The highest BCUT2D eigenvalue weighted by Gasteiger charge is 2.50. The number of carbonyl (C=O) groups is 2. The number of aliphatic carboxylic acids is 1. The highest BCUT2D eigenvalue weighted by molar-refractivity contribution is 5.81. The first-order valence-corrected chi connectivity index (χ1v) is 9.81. The van der Waals surface area contributed by atoms with E-state index in [9.17, 15) is 24.2 Å². The summed E-state index contributed by atoms with van der Waals surface area (Å²) in [7, 11) is 1.81. The summed E-state index contributed by atoms with van der Waals surface area (Å²) in [5.41, 5.74) is -0.0911. The number of carboxylic acids is 1. The van der Waals surface area contributed by atoms with Gasteiger partial charge < -0.3 is 15.1 Å². The number of halogens is 1. The van der Waals surface area contributed by atoms with Crippen molar-refractivity contribution < 1.29 is 24.2 Å². The van der Waals surface area contributed by atoms with Crippen LogP contribution in [0.4, 0.5) is 4.39 Å². The van der Waals surface area contributed by atoms with E-state index in [4.69, 9.17) is 0 Å². The van der Waals surface area contributed by atoms with Crippen molar-refractivity contribution >= 4 is 11.9 Å². The molecule has 1 saturated heterocycles. The largest absolute Gasteiger partial charge is 0.481 e. The van der Waals surface area contributed by atoms with Crippen molar-refractivity contribution in [3.05, 3.63) is 65.7 Å². The second-order valence-corrected chi connectivity index (χ2v) is 7.92. The average Bonchev–Trinajstić information content (AvgIpc) is 2.70. The van der Waals surface area contributed by atoms with Crippen LogP contribution in [0.15, 0.2) is 48.8 Å². The van der Waals surface area contributed by atoms with Gasteiger partial charge in [0.2, 0.25) is 5.91 Å². The van der Waals surface area contributed by atoms with Gasteiger partial charge in [-0.3, -0.25) is 19.5 Å². The van der Waals surface area contributed by atoms with Gasteiger partial charge in [0, 0.05) is 32.0 Å². The van der Waals surface area contributed by atoms with E-state index in [1.807, 2.05) is 24.1 Å². The van der Waals surface area contributed by atoms with E-state index < -0.39 is 23.3 Å². The lowest BCUT2D eigenvalue weighted by Crippen LogP contribution is -2.59. The van der Waals surface area contributed by atoms with Crippen molar-refractivity contribution in [1.29, 1.82) is 0 Å². The smallest absolute Gasteiger partial charge is 0.314 e. The molecule has 1 aliphatic heterocycles. The second kappa shape index (κ2) is 9.32. The molecule has 1 amide bonds. The minimum absolute atomic E-state index is 0.0576. The van der Waals surface area contributed by atoms with Crippen LogP contribution in [0.3, 0.4) is 0 Å². The summed E-state index contributed by atoms with van der Waals surface area (Å²) in [6, 6.07) is 9.42. The third kappa shape index (κ3) is 5.01. The van der Waals surface area contributed by atoms with Crippen LogP contribution in [0.25, 0.3) is 0 Å². The van der Waals surface area contributed by atoms with Crippen molar-refractivity contribution in [3.63, 3.8) is 0 Å². The molecule has 1 aromatic carbocycles. The van der Waals surface area contributed by atoms with Crippen LogP contribution in [0.1, 0.15) is 17.5 Å². The normalized spacial score (nSPS) is 21.6. The standard InChI is InChI=1S/C22H26FN3O4/c1-25(13-16-5-8-24-9-6-16)14-20(28)26-10-7-19(27)22(15-26,21(29)30)12-17-3-2-4-18(23)11-17/h2-6,8-9,11,19,27H,7,10,12-15H2,1H3,(H,29,30)/t19-,22+/m0/s1. The number of carbonyl (C=O) groups excluding carboxylic acids is 1. The lowest BCUT2D eigenvalue weighted by atomic mass is 9.72. The maximum absolute atomic E-state index is 13.6. The lowest BCUT2D eigenvalue weighted by molar-refractivity contribution is -0.166. The van der Waals surface area contributed by atoms with Crippen LogP contribution in [0.5, 0.6) is 0 Å². The number of pyridine rings is 1. The van der Waals surface area contributed by atoms with E-state index in [0.717, 1.165) is 5.56 Å². The minimum Gasteiger partial charge on any atom is -0.481 e. The van der Waals surface area contributed by atoms with E-state index >= 15 is 0 Å². The Kier molecular flexibility index (Phi) is 6.79. The summed E-state index contributed by atoms with van der Waals surface area (Å²) in [4.78, 5) is 32.4. The van der Waals surface area contributed by atoms with Gasteiger partial charge in [-0.15, -0.1) is 0 Å². The van der Waals surface area contributed by atoms with Crippen LogP contribution in [-0.4, -0.2) is 69.7 Å². The summed E-state index contributed by atoms with van der Waals surface area (Å²) < 4.78 is 13.6. The van der Waals surface area contributed by atoms with E-state index in [-0.39, 0.29) is 38.4 Å². The van der Waals surface area contributed by atoms with E-state index in [0.29, 0.717) is 12.1 Å². The van der Waals surface area contributed by atoms with Crippen LogP contribution in [0, 0.1) is 11.2 Å². The Balaban J connectivity index is 1.71. The Morgan fingerprint density at radius 3 is 2.67 bits per heavy atom. The molecule has 0 aliphatic carbocycles. The van der Waals surface area contributed by atoms with Gasteiger partial charge >= 0.3 is 5.97 Å². The first-order valence-electron chi connectivity index (χ1n) is 9.81. The number of nitrogens with zero attached hydrogens (tertiary/aromatic N) is 3. The number of carboxylic acid groups (broad SMARTS) is 1. The predicted molar refractivity (Wildman–Crippen MR) is 108 cm³/mol. The minimum atomic E-state index is -1.58. The quantitative estimate of drug-likeness (QED) is 0.713. The number of hydrogen-bond acceptors (Lipinski definition) is 5. The molecule has 0 saturated carbocycles. The van der Waals surface area contributed by atoms with Crippen molar-refractivity contribution in [2.24, 2.45) is 5.41 Å².